The van der Waals surface area contributed by atoms with E-state index in [2.05, 4.69) is 10.2 Å². The first-order valence-corrected chi connectivity index (χ1v) is 9.75. The van der Waals surface area contributed by atoms with Gasteiger partial charge in [0.05, 0.1) is 18.9 Å². The van der Waals surface area contributed by atoms with Gasteiger partial charge in [-0.3, -0.25) is 9.69 Å². The molecule has 22 heavy (non-hydrogen) atoms. The average Bonchev–Trinajstić information content (AvgIpc) is 2.97. The number of rotatable bonds is 6. The number of likely N-dealkylation sites (tertiary alicyclic amines) is 1. The number of piperidine rings is 1. The van der Waals surface area contributed by atoms with Crippen LogP contribution in [0.2, 0.25) is 0 Å². The van der Waals surface area contributed by atoms with Gasteiger partial charge in [0.15, 0.2) is 0 Å². The number of amides is 1. The number of ether oxygens (including phenoxy) is 1. The van der Waals surface area contributed by atoms with E-state index in [9.17, 15) is 13.2 Å². The molecular weight excluding hydrogens is 306 g/mol. The van der Waals surface area contributed by atoms with Gasteiger partial charge in [-0.2, -0.15) is 0 Å². The molecule has 7 nitrogen and oxygen atoms in total. The van der Waals surface area contributed by atoms with Gasteiger partial charge in [-0.05, 0) is 25.7 Å². The second-order valence-corrected chi connectivity index (χ2v) is 8.27. The fourth-order valence-corrected chi connectivity index (χ4v) is 3.76. The first kappa shape index (κ1) is 17.7. The van der Waals surface area contributed by atoms with Gasteiger partial charge in [-0.1, -0.05) is 0 Å². The van der Waals surface area contributed by atoms with Crippen molar-refractivity contribution in [1.29, 1.82) is 0 Å². The Hall–Kier alpha value is -0.700. The molecule has 2 saturated heterocycles. The molecule has 2 heterocycles. The Morgan fingerprint density at radius 3 is 2.55 bits per heavy atom. The minimum atomic E-state index is -3.14. The zero-order valence-electron chi connectivity index (χ0n) is 13.5. The van der Waals surface area contributed by atoms with E-state index in [0.717, 1.165) is 45.4 Å². The summed E-state index contributed by atoms with van der Waals surface area (Å²) in [5.74, 6) is 0.0189. The molecule has 1 N–H and O–H groups in total. The van der Waals surface area contributed by atoms with Crippen LogP contribution in [0, 0.1) is 0 Å². The maximum absolute atomic E-state index is 11.9. The molecule has 0 spiro atoms. The van der Waals surface area contributed by atoms with Crippen molar-refractivity contribution in [3.05, 3.63) is 0 Å². The van der Waals surface area contributed by atoms with Crippen LogP contribution in [0.1, 0.15) is 25.7 Å². The lowest BCUT2D eigenvalue weighted by molar-refractivity contribution is -0.123. The molecule has 0 saturated carbocycles. The normalized spacial score (nSPS) is 24.8. The highest BCUT2D eigenvalue weighted by Gasteiger charge is 2.27. The molecule has 0 aromatic heterocycles. The van der Waals surface area contributed by atoms with Crippen LogP contribution in [0.25, 0.3) is 0 Å². The van der Waals surface area contributed by atoms with Crippen molar-refractivity contribution in [2.24, 2.45) is 0 Å². The van der Waals surface area contributed by atoms with Crippen LogP contribution >= 0.6 is 0 Å². The molecule has 2 fully saturated rings. The third kappa shape index (κ3) is 5.19. The summed E-state index contributed by atoms with van der Waals surface area (Å²) < 4.78 is 30.0. The van der Waals surface area contributed by atoms with E-state index in [1.165, 1.54) is 10.6 Å². The van der Waals surface area contributed by atoms with Gasteiger partial charge < -0.3 is 10.1 Å². The van der Waals surface area contributed by atoms with Crippen molar-refractivity contribution in [2.45, 2.75) is 37.8 Å². The monoisotopic (exact) mass is 333 g/mol. The molecule has 1 amide bonds. The molecule has 128 valence electrons. The number of hydrogen-bond donors (Lipinski definition) is 1. The van der Waals surface area contributed by atoms with E-state index in [0.29, 0.717) is 13.1 Å². The largest absolute Gasteiger partial charge is 0.376 e. The summed E-state index contributed by atoms with van der Waals surface area (Å²) in [6.07, 6.45) is 5.02. The van der Waals surface area contributed by atoms with Crippen molar-refractivity contribution in [2.75, 3.05) is 46.1 Å². The van der Waals surface area contributed by atoms with E-state index in [-0.39, 0.29) is 18.1 Å². The zero-order chi connectivity index (χ0) is 16.2. The lowest BCUT2D eigenvalue weighted by Crippen LogP contribution is -2.48. The molecule has 2 aliphatic rings. The maximum atomic E-state index is 11.9. The Morgan fingerprint density at radius 1 is 1.32 bits per heavy atom. The number of sulfonamides is 1. The SMILES string of the molecule is CN(C1CCN(CC(=O)NCC2CCCO2)CC1)S(C)(=O)=O. The molecule has 0 aromatic rings. The summed E-state index contributed by atoms with van der Waals surface area (Å²) in [5.41, 5.74) is 0. The van der Waals surface area contributed by atoms with Crippen LogP contribution in [0.4, 0.5) is 0 Å². The fraction of sp³-hybridized carbons (Fsp3) is 0.929. The third-order valence-electron chi connectivity index (χ3n) is 4.51. The first-order chi connectivity index (χ1) is 10.4. The van der Waals surface area contributed by atoms with Gasteiger partial charge in [0, 0.05) is 39.3 Å². The summed E-state index contributed by atoms with van der Waals surface area (Å²) in [6, 6.07) is 0.0428. The van der Waals surface area contributed by atoms with Gasteiger partial charge in [0.25, 0.3) is 0 Å². The summed E-state index contributed by atoms with van der Waals surface area (Å²) in [6.45, 7) is 3.26. The van der Waals surface area contributed by atoms with Crippen molar-refractivity contribution in [1.82, 2.24) is 14.5 Å². The topological polar surface area (TPSA) is 79.0 Å². The van der Waals surface area contributed by atoms with Gasteiger partial charge in [-0.25, -0.2) is 12.7 Å². The lowest BCUT2D eigenvalue weighted by Gasteiger charge is -2.35. The zero-order valence-corrected chi connectivity index (χ0v) is 14.3. The average molecular weight is 333 g/mol. The smallest absolute Gasteiger partial charge is 0.234 e. The Morgan fingerprint density at radius 2 is 2.00 bits per heavy atom. The number of carbonyl (C=O) groups is 1. The van der Waals surface area contributed by atoms with Crippen molar-refractivity contribution in [3.8, 4) is 0 Å². The van der Waals surface area contributed by atoms with Gasteiger partial charge in [0.2, 0.25) is 15.9 Å². The van der Waals surface area contributed by atoms with Gasteiger partial charge in [-0.15, -0.1) is 0 Å². The maximum Gasteiger partial charge on any atom is 0.234 e. The van der Waals surface area contributed by atoms with E-state index in [1.54, 1.807) is 7.05 Å². The van der Waals surface area contributed by atoms with Crippen LogP contribution < -0.4 is 5.32 Å². The summed E-state index contributed by atoms with van der Waals surface area (Å²) in [5, 5.41) is 2.92. The second kappa shape index (κ2) is 7.72. The predicted octanol–water partition coefficient (Wildman–Crippen LogP) is -0.363. The molecule has 8 heteroatoms. The van der Waals surface area contributed by atoms with Crippen molar-refractivity contribution in [3.63, 3.8) is 0 Å². The summed E-state index contributed by atoms with van der Waals surface area (Å²) in [4.78, 5) is 14.0. The van der Waals surface area contributed by atoms with Crippen LogP contribution in [-0.2, 0) is 19.6 Å². The number of nitrogens with one attached hydrogen (secondary N) is 1. The molecule has 0 aliphatic carbocycles. The highest BCUT2D eigenvalue weighted by atomic mass is 32.2. The quantitative estimate of drug-likeness (QED) is 0.718. The van der Waals surface area contributed by atoms with E-state index in [4.69, 9.17) is 4.74 Å². The minimum absolute atomic E-state index is 0.0189. The molecule has 0 radical (unpaired) electrons. The molecule has 1 atom stereocenters. The minimum Gasteiger partial charge on any atom is -0.376 e. The first-order valence-electron chi connectivity index (χ1n) is 7.90. The van der Waals surface area contributed by atoms with Gasteiger partial charge >= 0.3 is 0 Å². The van der Waals surface area contributed by atoms with Crippen LogP contribution in [0.5, 0.6) is 0 Å². The van der Waals surface area contributed by atoms with E-state index in [1.807, 2.05) is 0 Å². The van der Waals surface area contributed by atoms with Crippen LogP contribution in [-0.4, -0.2) is 81.8 Å². The van der Waals surface area contributed by atoms with Gasteiger partial charge in [0.1, 0.15) is 0 Å². The molecule has 2 aliphatic heterocycles. The Bertz CT molecular complexity index is 468. The number of carbonyl (C=O) groups excluding carboxylic acids is 1. The summed E-state index contributed by atoms with van der Waals surface area (Å²) >= 11 is 0. The molecule has 0 bridgehead atoms. The Balaban J connectivity index is 1.67. The molecule has 0 aromatic carbocycles. The second-order valence-electron chi connectivity index (χ2n) is 6.23. The van der Waals surface area contributed by atoms with E-state index >= 15 is 0 Å². The highest BCUT2D eigenvalue weighted by molar-refractivity contribution is 7.88. The Labute approximate surface area is 133 Å². The molecule has 1 unspecified atom stereocenters. The third-order valence-corrected chi connectivity index (χ3v) is 5.86. The standard InChI is InChI=1S/C14H27N3O4S/c1-16(22(2,19)20)12-5-7-17(8-6-12)11-14(18)15-10-13-4-3-9-21-13/h12-13H,3-11H2,1-2H3,(H,15,18). The van der Waals surface area contributed by atoms with E-state index < -0.39 is 10.0 Å². The molecule has 2 rings (SSSR count). The lowest BCUT2D eigenvalue weighted by atomic mass is 10.1. The number of hydrogen-bond acceptors (Lipinski definition) is 5. The number of nitrogens with zero attached hydrogens (tertiary/aromatic N) is 2. The highest BCUT2D eigenvalue weighted by Crippen LogP contribution is 2.17. The predicted molar refractivity (Wildman–Crippen MR) is 84.1 cm³/mol. The van der Waals surface area contributed by atoms with Crippen LogP contribution in [0.15, 0.2) is 0 Å². The Kier molecular flexibility index (Phi) is 6.19. The fourth-order valence-electron chi connectivity index (χ4n) is 3.00. The van der Waals surface area contributed by atoms with Crippen molar-refractivity contribution < 1.29 is 17.9 Å². The van der Waals surface area contributed by atoms with Crippen LogP contribution in [0.3, 0.4) is 0 Å². The molecular formula is C14H27N3O4S. The summed E-state index contributed by atoms with van der Waals surface area (Å²) in [7, 11) is -1.51. The van der Waals surface area contributed by atoms with Crippen molar-refractivity contribution >= 4 is 15.9 Å².